The molecule has 2 N–H and O–H groups in total. The van der Waals surface area contributed by atoms with Gasteiger partial charge in [-0.05, 0) is 19.1 Å². The van der Waals surface area contributed by atoms with Gasteiger partial charge in [0.1, 0.15) is 6.04 Å². The van der Waals surface area contributed by atoms with Crippen LogP contribution in [0.1, 0.15) is 19.8 Å². The van der Waals surface area contributed by atoms with Gasteiger partial charge in [0, 0.05) is 25.6 Å². The van der Waals surface area contributed by atoms with Gasteiger partial charge in [0.2, 0.25) is 17.7 Å². The third kappa shape index (κ3) is 4.14. The number of hydrogen-bond donors (Lipinski definition) is 2. The first-order chi connectivity index (χ1) is 13.4. The lowest BCUT2D eigenvalue weighted by molar-refractivity contribution is -0.146. The van der Waals surface area contributed by atoms with Crippen LogP contribution >= 0.6 is 0 Å². The number of carbonyl (C=O) groups is 4. The molecular formula is C19H24N4O5. The van der Waals surface area contributed by atoms with Gasteiger partial charge in [0.05, 0.1) is 31.5 Å². The zero-order valence-corrected chi connectivity index (χ0v) is 15.9. The highest BCUT2D eigenvalue weighted by molar-refractivity contribution is 6.05. The number of rotatable bonds is 4. The Morgan fingerprint density at radius 1 is 1.25 bits per heavy atom. The number of nitrogens with zero attached hydrogens (tertiary/aromatic N) is 2. The lowest BCUT2D eigenvalue weighted by Crippen LogP contribution is -2.58. The Morgan fingerprint density at radius 3 is 2.75 bits per heavy atom. The molecule has 2 aliphatic heterocycles. The Kier molecular flexibility index (Phi) is 5.93. The number of amides is 3. The molecule has 150 valence electrons. The second-order valence-corrected chi connectivity index (χ2v) is 6.94. The van der Waals surface area contributed by atoms with Gasteiger partial charge in [0.25, 0.3) is 0 Å². The van der Waals surface area contributed by atoms with Gasteiger partial charge in [-0.25, -0.2) is 0 Å². The minimum atomic E-state index is -0.762. The Hall–Kier alpha value is -2.94. The average molecular weight is 388 g/mol. The van der Waals surface area contributed by atoms with Gasteiger partial charge < -0.3 is 20.3 Å². The van der Waals surface area contributed by atoms with Crippen molar-refractivity contribution in [2.45, 2.75) is 31.8 Å². The number of ether oxygens (including phenoxy) is 1. The van der Waals surface area contributed by atoms with Crippen molar-refractivity contribution < 1.29 is 23.9 Å². The third-order valence-electron chi connectivity index (χ3n) is 5.00. The van der Waals surface area contributed by atoms with Gasteiger partial charge in [-0.2, -0.15) is 0 Å². The van der Waals surface area contributed by atoms with Crippen LogP contribution in [0.5, 0.6) is 0 Å². The fourth-order valence-electron chi connectivity index (χ4n) is 3.63. The maximum absolute atomic E-state index is 13.2. The highest BCUT2D eigenvalue weighted by atomic mass is 16.5. The Balaban J connectivity index is 1.83. The molecule has 2 unspecified atom stereocenters. The van der Waals surface area contributed by atoms with Crippen molar-refractivity contribution in [2.24, 2.45) is 0 Å². The summed E-state index contributed by atoms with van der Waals surface area (Å²) in [4.78, 5) is 52.5. The lowest BCUT2D eigenvalue weighted by atomic mass is 10.1. The second-order valence-electron chi connectivity index (χ2n) is 6.94. The molecule has 3 amide bonds. The van der Waals surface area contributed by atoms with Crippen LogP contribution in [0.15, 0.2) is 24.3 Å². The van der Waals surface area contributed by atoms with E-state index in [1.54, 1.807) is 34.1 Å². The molecule has 3 rings (SSSR count). The summed E-state index contributed by atoms with van der Waals surface area (Å²) in [7, 11) is 1.26. The highest BCUT2D eigenvalue weighted by Gasteiger charge is 2.36. The molecule has 0 aromatic heterocycles. The van der Waals surface area contributed by atoms with E-state index in [2.05, 4.69) is 15.4 Å². The highest BCUT2D eigenvalue weighted by Crippen LogP contribution is 2.31. The summed E-state index contributed by atoms with van der Waals surface area (Å²) in [5, 5.41) is 5.54. The molecule has 2 atom stereocenters. The average Bonchev–Trinajstić information content (AvgIpc) is 2.78. The predicted octanol–water partition coefficient (Wildman–Crippen LogP) is 0.114. The Bertz CT molecular complexity index is 796. The van der Waals surface area contributed by atoms with Crippen molar-refractivity contribution >= 4 is 35.1 Å². The van der Waals surface area contributed by atoms with Crippen molar-refractivity contribution in [3.05, 3.63) is 24.3 Å². The number of methoxy groups -OCH3 is 1. The molecule has 28 heavy (non-hydrogen) atoms. The van der Waals surface area contributed by atoms with Gasteiger partial charge in [-0.3, -0.25) is 24.1 Å². The van der Waals surface area contributed by atoms with E-state index in [0.29, 0.717) is 24.5 Å². The van der Waals surface area contributed by atoms with E-state index < -0.39 is 12.0 Å². The molecule has 0 spiro atoms. The van der Waals surface area contributed by atoms with Crippen LogP contribution in [0.3, 0.4) is 0 Å². The molecule has 0 aliphatic carbocycles. The molecule has 1 aromatic rings. The fourth-order valence-corrected chi connectivity index (χ4v) is 3.63. The number of para-hydroxylation sites is 2. The molecule has 9 nitrogen and oxygen atoms in total. The maximum atomic E-state index is 13.2. The quantitative estimate of drug-likeness (QED) is 0.709. The maximum Gasteiger partial charge on any atom is 0.307 e. The van der Waals surface area contributed by atoms with Crippen molar-refractivity contribution in [3.63, 3.8) is 0 Å². The number of nitrogens with one attached hydrogen (secondary N) is 2. The molecule has 1 saturated heterocycles. The Labute approximate surface area is 163 Å². The minimum absolute atomic E-state index is 0.0397. The number of hydrogen-bond acceptors (Lipinski definition) is 6. The molecule has 0 saturated carbocycles. The van der Waals surface area contributed by atoms with Crippen LogP contribution in [0.25, 0.3) is 0 Å². The molecular weight excluding hydrogens is 364 g/mol. The van der Waals surface area contributed by atoms with E-state index in [4.69, 9.17) is 0 Å². The third-order valence-corrected chi connectivity index (χ3v) is 5.00. The summed E-state index contributed by atoms with van der Waals surface area (Å²) in [5.74, 6) is -1.20. The number of carbonyl (C=O) groups excluding carboxylic acids is 4. The van der Waals surface area contributed by atoms with Crippen molar-refractivity contribution in [1.29, 1.82) is 0 Å². The standard InChI is InChI=1S/C19H24N4O5/c1-12-9-16(24)21-13-5-3-4-6-14(13)23(12)17(25)11-22-8-7-20-19(27)15(22)10-18(26)28-2/h3-6,12,15H,7-11H2,1-2H3,(H,20,27)(H,21,24). The van der Waals surface area contributed by atoms with Gasteiger partial charge in [0.15, 0.2) is 0 Å². The number of fused-ring (bicyclic) bond motifs is 1. The molecule has 1 aromatic carbocycles. The van der Waals surface area contributed by atoms with Crippen LogP contribution in [-0.4, -0.2) is 67.4 Å². The normalized spacial score (nSPS) is 22.6. The number of esters is 1. The van der Waals surface area contributed by atoms with E-state index in [0.717, 1.165) is 0 Å². The first-order valence-electron chi connectivity index (χ1n) is 9.20. The summed E-state index contributed by atoms with van der Waals surface area (Å²) in [5.41, 5.74) is 1.20. The smallest absolute Gasteiger partial charge is 0.307 e. The second kappa shape index (κ2) is 8.39. The molecule has 0 radical (unpaired) electrons. The van der Waals surface area contributed by atoms with E-state index >= 15 is 0 Å². The van der Waals surface area contributed by atoms with Crippen LogP contribution in [0, 0.1) is 0 Å². The summed E-state index contributed by atoms with van der Waals surface area (Å²) in [6.45, 7) is 2.62. The fraction of sp³-hybridized carbons (Fsp3) is 0.474. The monoisotopic (exact) mass is 388 g/mol. The van der Waals surface area contributed by atoms with Crippen LogP contribution < -0.4 is 15.5 Å². The van der Waals surface area contributed by atoms with Crippen LogP contribution in [0.2, 0.25) is 0 Å². The number of benzene rings is 1. The summed E-state index contributed by atoms with van der Waals surface area (Å²) in [6.07, 6.45) is 0.0499. The molecule has 2 aliphatic rings. The first-order valence-corrected chi connectivity index (χ1v) is 9.20. The largest absolute Gasteiger partial charge is 0.469 e. The van der Waals surface area contributed by atoms with Crippen molar-refractivity contribution in [2.75, 3.05) is 37.0 Å². The van der Waals surface area contributed by atoms with Crippen LogP contribution in [0.4, 0.5) is 11.4 Å². The topological polar surface area (TPSA) is 108 Å². The molecule has 9 heteroatoms. The van der Waals surface area contributed by atoms with Crippen molar-refractivity contribution in [1.82, 2.24) is 10.2 Å². The van der Waals surface area contributed by atoms with Gasteiger partial charge in [-0.15, -0.1) is 0 Å². The zero-order valence-electron chi connectivity index (χ0n) is 15.9. The molecule has 0 bridgehead atoms. The first kappa shape index (κ1) is 19.8. The van der Waals surface area contributed by atoms with E-state index in [9.17, 15) is 19.2 Å². The SMILES string of the molecule is COC(=O)CC1C(=O)NCCN1CC(=O)N1c2ccccc2NC(=O)CC1C. The number of anilines is 2. The zero-order chi connectivity index (χ0) is 20.3. The van der Waals surface area contributed by atoms with Crippen LogP contribution in [-0.2, 0) is 23.9 Å². The summed E-state index contributed by atoms with van der Waals surface area (Å²) < 4.78 is 4.68. The predicted molar refractivity (Wildman–Crippen MR) is 102 cm³/mol. The summed E-state index contributed by atoms with van der Waals surface area (Å²) >= 11 is 0. The van der Waals surface area contributed by atoms with E-state index in [1.807, 2.05) is 6.92 Å². The molecule has 2 heterocycles. The summed E-state index contributed by atoms with van der Waals surface area (Å²) in [6, 6.07) is 6.03. The lowest BCUT2D eigenvalue weighted by Gasteiger charge is -2.36. The van der Waals surface area contributed by atoms with Gasteiger partial charge in [-0.1, -0.05) is 12.1 Å². The van der Waals surface area contributed by atoms with Gasteiger partial charge >= 0.3 is 5.97 Å². The Morgan fingerprint density at radius 2 is 2.00 bits per heavy atom. The number of piperazine rings is 1. The minimum Gasteiger partial charge on any atom is -0.469 e. The molecule has 1 fully saturated rings. The van der Waals surface area contributed by atoms with E-state index in [1.165, 1.54) is 7.11 Å². The van der Waals surface area contributed by atoms with E-state index in [-0.39, 0.29) is 43.1 Å². The van der Waals surface area contributed by atoms with Crippen molar-refractivity contribution in [3.8, 4) is 0 Å².